The van der Waals surface area contributed by atoms with Crippen LogP contribution in [0.4, 0.5) is 0 Å². The Labute approximate surface area is 254 Å². The van der Waals surface area contributed by atoms with Gasteiger partial charge in [-0.3, -0.25) is 4.57 Å². The maximum Gasteiger partial charge on any atom is 0.238 e. The van der Waals surface area contributed by atoms with Crippen LogP contribution in [-0.2, 0) is 6.42 Å². The van der Waals surface area contributed by atoms with Crippen LogP contribution in [0, 0.1) is 0 Å². The molecule has 0 N–H and O–H groups in total. The van der Waals surface area contributed by atoms with Gasteiger partial charge in [0.2, 0.25) is 5.95 Å². The first-order valence-electron chi connectivity index (χ1n) is 15.0. The zero-order valence-electron chi connectivity index (χ0n) is 23.9. The number of hydrogen-bond acceptors (Lipinski definition) is 3. The van der Waals surface area contributed by atoms with Crippen molar-refractivity contribution < 1.29 is 0 Å². The molecule has 0 amide bonds. The molecule has 3 aromatic heterocycles. The van der Waals surface area contributed by atoms with Gasteiger partial charge in [0.15, 0.2) is 11.6 Å². The van der Waals surface area contributed by atoms with Gasteiger partial charge in [-0.25, -0.2) is 4.98 Å². The minimum Gasteiger partial charge on any atom is -0.313 e. The molecule has 3 heterocycles. The number of nitrogens with zero attached hydrogens (tertiary/aromatic N) is 5. The molecule has 208 valence electrons. The van der Waals surface area contributed by atoms with Gasteiger partial charge in [0.05, 0.1) is 16.6 Å². The van der Waals surface area contributed by atoms with E-state index in [0.717, 1.165) is 40.4 Å². The third kappa shape index (κ3) is 3.83. The average molecular weight is 566 g/mol. The molecule has 0 spiro atoms. The Balaban J connectivity index is 1.31. The van der Waals surface area contributed by atoms with E-state index in [1.807, 2.05) is 60.7 Å². The summed E-state index contributed by atoms with van der Waals surface area (Å²) < 4.78 is 4.63. The predicted molar refractivity (Wildman–Crippen MR) is 179 cm³/mol. The summed E-state index contributed by atoms with van der Waals surface area (Å²) in [5, 5.41) is 3.63. The minimum absolute atomic E-state index is 0.602. The molecule has 0 unspecified atom stereocenters. The van der Waals surface area contributed by atoms with Crippen molar-refractivity contribution in [3.05, 3.63) is 145 Å². The highest BCUT2D eigenvalue weighted by Gasteiger charge is 2.21. The van der Waals surface area contributed by atoms with E-state index >= 15 is 0 Å². The van der Waals surface area contributed by atoms with E-state index in [9.17, 15) is 0 Å². The van der Waals surface area contributed by atoms with Gasteiger partial charge < -0.3 is 4.57 Å². The molecular weight excluding hydrogens is 538 g/mol. The Morgan fingerprint density at radius 3 is 1.80 bits per heavy atom. The molecule has 9 rings (SSSR count). The van der Waals surface area contributed by atoms with Crippen molar-refractivity contribution in [1.29, 1.82) is 0 Å². The van der Waals surface area contributed by atoms with Gasteiger partial charge in [-0.2, -0.15) is 9.97 Å². The lowest BCUT2D eigenvalue weighted by Crippen LogP contribution is -2.06. The van der Waals surface area contributed by atoms with Crippen molar-refractivity contribution >= 4 is 38.8 Å². The van der Waals surface area contributed by atoms with E-state index in [0.29, 0.717) is 17.6 Å². The van der Waals surface area contributed by atoms with Crippen molar-refractivity contribution in [2.24, 2.45) is 0 Å². The third-order valence-corrected chi connectivity index (χ3v) is 8.65. The minimum atomic E-state index is 0.602. The fourth-order valence-corrected chi connectivity index (χ4v) is 6.68. The van der Waals surface area contributed by atoms with Crippen LogP contribution in [0.2, 0.25) is 0 Å². The predicted octanol–water partition coefficient (Wildman–Crippen LogP) is 9.21. The summed E-state index contributed by atoms with van der Waals surface area (Å²) in [6, 6.07) is 44.3. The van der Waals surface area contributed by atoms with Gasteiger partial charge in [0, 0.05) is 44.2 Å². The van der Waals surface area contributed by atoms with Gasteiger partial charge >= 0.3 is 0 Å². The van der Waals surface area contributed by atoms with Gasteiger partial charge in [-0.05, 0) is 43.2 Å². The third-order valence-electron chi connectivity index (χ3n) is 8.65. The second-order valence-electron chi connectivity index (χ2n) is 11.2. The quantitative estimate of drug-likeness (QED) is 0.214. The molecule has 5 aromatic carbocycles. The lowest BCUT2D eigenvalue weighted by Gasteiger charge is -2.14. The standard InChI is InChI=1S/C39H27N5/c1-3-13-26(14-4-1)37-40-38(27-15-5-2-6-16-27)42-39(41-37)44-35-22-12-9-19-31(35)32-25-28(23-24-36(32)44)43-33-20-10-7-17-29(33)30-18-8-11-21-34(30)43/h1-10,12-20,22-25H,11,21H2. The van der Waals surface area contributed by atoms with Crippen LogP contribution >= 0.6 is 0 Å². The van der Waals surface area contributed by atoms with E-state index in [1.165, 1.54) is 33.2 Å². The summed E-state index contributed by atoms with van der Waals surface area (Å²) in [6.45, 7) is 0. The monoisotopic (exact) mass is 565 g/mol. The normalized spacial score (nSPS) is 12.7. The maximum atomic E-state index is 5.07. The Bertz CT molecular complexity index is 2320. The molecule has 44 heavy (non-hydrogen) atoms. The number of fused-ring (bicyclic) bond motifs is 6. The van der Waals surface area contributed by atoms with Gasteiger partial charge in [-0.1, -0.05) is 109 Å². The number of benzene rings is 5. The number of para-hydroxylation sites is 2. The van der Waals surface area contributed by atoms with Crippen LogP contribution in [0.1, 0.15) is 17.7 Å². The molecule has 0 saturated carbocycles. The number of allylic oxidation sites excluding steroid dienone is 1. The average Bonchev–Trinajstić information content (AvgIpc) is 3.61. The molecule has 0 aliphatic heterocycles. The summed E-state index contributed by atoms with van der Waals surface area (Å²) in [6.07, 6.45) is 6.66. The first-order chi connectivity index (χ1) is 21.8. The summed E-state index contributed by atoms with van der Waals surface area (Å²) in [4.78, 5) is 15.1. The molecule has 8 aromatic rings. The number of rotatable bonds is 4. The molecule has 0 atom stereocenters. The second-order valence-corrected chi connectivity index (χ2v) is 11.2. The Hall–Kier alpha value is -5.81. The van der Waals surface area contributed by atoms with Crippen LogP contribution in [-0.4, -0.2) is 24.1 Å². The highest BCUT2D eigenvalue weighted by atomic mass is 15.2. The molecule has 0 radical (unpaired) electrons. The second kappa shape index (κ2) is 9.89. The number of aromatic nitrogens is 5. The van der Waals surface area contributed by atoms with Gasteiger partial charge in [-0.15, -0.1) is 0 Å². The van der Waals surface area contributed by atoms with E-state index in [-0.39, 0.29) is 0 Å². The lowest BCUT2D eigenvalue weighted by atomic mass is 10.0. The fraction of sp³-hybridized carbons (Fsp3) is 0.0513. The fourth-order valence-electron chi connectivity index (χ4n) is 6.68. The van der Waals surface area contributed by atoms with E-state index in [2.05, 4.69) is 88.0 Å². The van der Waals surface area contributed by atoms with Crippen molar-refractivity contribution in [3.63, 3.8) is 0 Å². The van der Waals surface area contributed by atoms with Crippen molar-refractivity contribution in [2.75, 3.05) is 0 Å². The summed E-state index contributed by atoms with van der Waals surface area (Å²) in [5.74, 6) is 1.90. The van der Waals surface area contributed by atoms with E-state index < -0.39 is 0 Å². The molecule has 0 saturated heterocycles. The smallest absolute Gasteiger partial charge is 0.238 e. The highest BCUT2D eigenvalue weighted by Crippen LogP contribution is 2.37. The topological polar surface area (TPSA) is 48.5 Å². The van der Waals surface area contributed by atoms with Crippen LogP contribution in [0.3, 0.4) is 0 Å². The largest absolute Gasteiger partial charge is 0.313 e. The molecule has 5 nitrogen and oxygen atoms in total. The molecular formula is C39H27N5. The molecule has 5 heteroatoms. The van der Waals surface area contributed by atoms with E-state index in [1.54, 1.807) is 0 Å². The SMILES string of the molecule is C1=Cc2c(n(-c3ccc4c(c3)c3ccccc3n4-c3nc(-c4ccccc4)nc(-c4ccccc4)n3)c3ccccc23)CC1. The molecule has 0 bridgehead atoms. The zero-order valence-corrected chi connectivity index (χ0v) is 23.9. The first-order valence-corrected chi connectivity index (χ1v) is 15.0. The van der Waals surface area contributed by atoms with Crippen molar-refractivity contribution in [1.82, 2.24) is 24.1 Å². The van der Waals surface area contributed by atoms with Crippen molar-refractivity contribution in [3.8, 4) is 34.4 Å². The molecule has 0 fully saturated rings. The van der Waals surface area contributed by atoms with Crippen molar-refractivity contribution in [2.45, 2.75) is 12.8 Å². The van der Waals surface area contributed by atoms with Gasteiger partial charge in [0.1, 0.15) is 0 Å². The zero-order chi connectivity index (χ0) is 29.0. The van der Waals surface area contributed by atoms with Crippen LogP contribution < -0.4 is 0 Å². The summed E-state index contributed by atoms with van der Waals surface area (Å²) in [7, 11) is 0. The van der Waals surface area contributed by atoms with E-state index in [4.69, 9.17) is 15.0 Å². The van der Waals surface area contributed by atoms with Gasteiger partial charge in [0.25, 0.3) is 0 Å². The Morgan fingerprint density at radius 2 is 1.09 bits per heavy atom. The number of hydrogen-bond donors (Lipinski definition) is 0. The van der Waals surface area contributed by atoms with Crippen LogP contribution in [0.5, 0.6) is 0 Å². The van der Waals surface area contributed by atoms with Crippen LogP contribution in [0.15, 0.2) is 133 Å². The summed E-state index contributed by atoms with van der Waals surface area (Å²) >= 11 is 0. The Morgan fingerprint density at radius 1 is 0.500 bits per heavy atom. The maximum absolute atomic E-state index is 5.07. The Kier molecular flexibility index (Phi) is 5.56. The molecule has 1 aliphatic rings. The van der Waals surface area contributed by atoms with Crippen LogP contribution in [0.25, 0.3) is 73.2 Å². The molecule has 1 aliphatic carbocycles. The highest BCUT2D eigenvalue weighted by molar-refractivity contribution is 6.10. The summed E-state index contributed by atoms with van der Waals surface area (Å²) in [5.41, 5.74) is 9.14. The lowest BCUT2D eigenvalue weighted by molar-refractivity contribution is 0.889. The first kappa shape index (κ1) is 24.8.